The summed E-state index contributed by atoms with van der Waals surface area (Å²) in [5.41, 5.74) is 7.27. The number of nitrogen functional groups attached to an aromatic ring is 1. The van der Waals surface area contributed by atoms with Gasteiger partial charge in [0.2, 0.25) is 0 Å². The highest BCUT2D eigenvalue weighted by molar-refractivity contribution is 5.94. The summed E-state index contributed by atoms with van der Waals surface area (Å²) in [6.45, 7) is 0. The van der Waals surface area contributed by atoms with Crippen LogP contribution in [0, 0.1) is 0 Å². The largest absolute Gasteiger partial charge is 0.465 e. The van der Waals surface area contributed by atoms with Gasteiger partial charge in [-0.15, -0.1) is 0 Å². The predicted molar refractivity (Wildman–Crippen MR) is 59.3 cm³/mol. The third kappa shape index (κ3) is 1.75. The minimum Gasteiger partial charge on any atom is -0.465 e. The van der Waals surface area contributed by atoms with Gasteiger partial charge in [0, 0.05) is 18.1 Å². The van der Waals surface area contributed by atoms with Crippen molar-refractivity contribution in [3.8, 4) is 5.69 Å². The van der Waals surface area contributed by atoms with Crippen LogP contribution < -0.4 is 5.73 Å². The maximum absolute atomic E-state index is 11.6. The highest BCUT2D eigenvalue weighted by atomic mass is 16.5. The van der Waals surface area contributed by atoms with Crippen LogP contribution in [0.2, 0.25) is 0 Å². The molecule has 0 aliphatic rings. The standard InChI is InChI=1S/C11H11N3O2/c1-16-11(15)9-6-8(12)2-3-10(9)14-5-4-13-7-14/h2-7H,12H2,1H3. The molecule has 0 radical (unpaired) electrons. The van der Waals surface area contributed by atoms with Crippen molar-refractivity contribution < 1.29 is 9.53 Å². The Balaban J connectivity index is 2.57. The fourth-order valence-corrected chi connectivity index (χ4v) is 1.45. The van der Waals surface area contributed by atoms with E-state index in [9.17, 15) is 4.79 Å². The molecular weight excluding hydrogens is 206 g/mol. The van der Waals surface area contributed by atoms with Crippen LogP contribution in [0.25, 0.3) is 5.69 Å². The molecule has 0 amide bonds. The first-order valence-corrected chi connectivity index (χ1v) is 4.68. The Hall–Kier alpha value is -2.30. The fourth-order valence-electron chi connectivity index (χ4n) is 1.45. The van der Waals surface area contributed by atoms with Gasteiger partial charge in [0.05, 0.1) is 24.7 Å². The molecule has 0 aliphatic carbocycles. The van der Waals surface area contributed by atoms with Crippen LogP contribution >= 0.6 is 0 Å². The van der Waals surface area contributed by atoms with Crippen molar-refractivity contribution in [2.75, 3.05) is 12.8 Å². The molecule has 0 aliphatic heterocycles. The summed E-state index contributed by atoms with van der Waals surface area (Å²) in [5.74, 6) is -0.420. The number of nitrogens with zero attached hydrogens (tertiary/aromatic N) is 2. The summed E-state index contributed by atoms with van der Waals surface area (Å²) in [7, 11) is 1.34. The van der Waals surface area contributed by atoms with Gasteiger partial charge in [-0.25, -0.2) is 9.78 Å². The van der Waals surface area contributed by atoms with Gasteiger partial charge in [-0.05, 0) is 18.2 Å². The molecule has 1 aromatic heterocycles. The molecule has 16 heavy (non-hydrogen) atoms. The molecule has 2 aromatic rings. The molecule has 0 unspecified atom stereocenters. The van der Waals surface area contributed by atoms with E-state index in [0.29, 0.717) is 16.9 Å². The number of imidazole rings is 1. The number of carbonyl (C=O) groups is 1. The van der Waals surface area contributed by atoms with Gasteiger partial charge in [-0.3, -0.25) is 0 Å². The van der Waals surface area contributed by atoms with Gasteiger partial charge in [0.25, 0.3) is 0 Å². The number of aromatic nitrogens is 2. The van der Waals surface area contributed by atoms with Crippen molar-refractivity contribution in [2.45, 2.75) is 0 Å². The number of benzene rings is 1. The first-order chi connectivity index (χ1) is 7.72. The first-order valence-electron chi connectivity index (χ1n) is 4.68. The van der Waals surface area contributed by atoms with E-state index in [1.54, 1.807) is 41.5 Å². The molecule has 0 saturated carbocycles. The second kappa shape index (κ2) is 4.06. The van der Waals surface area contributed by atoms with Gasteiger partial charge >= 0.3 is 5.97 Å². The highest BCUT2D eigenvalue weighted by Gasteiger charge is 2.13. The monoisotopic (exact) mass is 217 g/mol. The minimum atomic E-state index is -0.420. The van der Waals surface area contributed by atoms with Crippen LogP contribution in [0.5, 0.6) is 0 Å². The summed E-state index contributed by atoms with van der Waals surface area (Å²) in [6.07, 6.45) is 4.99. The zero-order valence-electron chi connectivity index (χ0n) is 8.75. The van der Waals surface area contributed by atoms with Crippen LogP contribution in [0.1, 0.15) is 10.4 Å². The lowest BCUT2D eigenvalue weighted by molar-refractivity contribution is 0.0601. The molecule has 1 heterocycles. The minimum absolute atomic E-state index is 0.417. The lowest BCUT2D eigenvalue weighted by atomic mass is 10.1. The van der Waals surface area contributed by atoms with E-state index in [4.69, 9.17) is 10.5 Å². The van der Waals surface area contributed by atoms with E-state index in [0.717, 1.165) is 0 Å². The third-order valence-electron chi connectivity index (χ3n) is 2.21. The van der Waals surface area contributed by atoms with Crippen LogP contribution in [0.3, 0.4) is 0 Å². The first kappa shape index (κ1) is 10.2. The summed E-state index contributed by atoms with van der Waals surface area (Å²) >= 11 is 0. The lowest BCUT2D eigenvalue weighted by Crippen LogP contribution is -2.07. The zero-order valence-corrected chi connectivity index (χ0v) is 8.75. The van der Waals surface area contributed by atoms with E-state index >= 15 is 0 Å². The van der Waals surface area contributed by atoms with Crippen molar-refractivity contribution in [3.63, 3.8) is 0 Å². The number of methoxy groups -OCH3 is 1. The van der Waals surface area contributed by atoms with E-state index in [1.165, 1.54) is 7.11 Å². The molecule has 0 atom stereocenters. The molecule has 5 nitrogen and oxygen atoms in total. The lowest BCUT2D eigenvalue weighted by Gasteiger charge is -2.09. The molecule has 1 aromatic carbocycles. The fraction of sp³-hybridized carbons (Fsp3) is 0.0909. The van der Waals surface area contributed by atoms with Gasteiger partial charge in [0.1, 0.15) is 0 Å². The number of esters is 1. The van der Waals surface area contributed by atoms with E-state index in [1.807, 2.05) is 0 Å². The van der Waals surface area contributed by atoms with Crippen molar-refractivity contribution in [1.82, 2.24) is 9.55 Å². The second-order valence-electron chi connectivity index (χ2n) is 3.24. The molecule has 0 bridgehead atoms. The van der Waals surface area contributed by atoms with E-state index in [2.05, 4.69) is 4.98 Å². The zero-order chi connectivity index (χ0) is 11.5. The smallest absolute Gasteiger partial charge is 0.340 e. The number of ether oxygens (including phenoxy) is 1. The van der Waals surface area contributed by atoms with Crippen LogP contribution in [0.4, 0.5) is 5.69 Å². The predicted octanol–water partition coefficient (Wildman–Crippen LogP) is 1.24. The normalized spacial score (nSPS) is 10.1. The quantitative estimate of drug-likeness (QED) is 0.607. The summed E-state index contributed by atoms with van der Waals surface area (Å²) in [5, 5.41) is 0. The highest BCUT2D eigenvalue weighted by Crippen LogP contribution is 2.18. The number of rotatable bonds is 2. The average Bonchev–Trinajstić information content (AvgIpc) is 2.81. The Morgan fingerprint density at radius 1 is 1.50 bits per heavy atom. The molecule has 5 heteroatoms. The summed E-state index contributed by atoms with van der Waals surface area (Å²) in [6, 6.07) is 5.06. The van der Waals surface area contributed by atoms with Crippen molar-refractivity contribution in [1.29, 1.82) is 0 Å². The number of anilines is 1. The molecule has 2 N–H and O–H groups in total. The molecule has 0 saturated heterocycles. The molecular formula is C11H11N3O2. The van der Waals surface area contributed by atoms with Crippen molar-refractivity contribution >= 4 is 11.7 Å². The molecule has 2 rings (SSSR count). The second-order valence-corrected chi connectivity index (χ2v) is 3.24. The van der Waals surface area contributed by atoms with Gasteiger partial charge in [-0.1, -0.05) is 0 Å². The van der Waals surface area contributed by atoms with E-state index in [-0.39, 0.29) is 0 Å². The SMILES string of the molecule is COC(=O)c1cc(N)ccc1-n1ccnc1. The summed E-state index contributed by atoms with van der Waals surface area (Å²) < 4.78 is 6.43. The van der Waals surface area contributed by atoms with Gasteiger partial charge < -0.3 is 15.0 Å². The van der Waals surface area contributed by atoms with E-state index < -0.39 is 5.97 Å². The topological polar surface area (TPSA) is 70.1 Å². The Kier molecular flexibility index (Phi) is 2.59. The Bertz CT molecular complexity index is 506. The van der Waals surface area contributed by atoms with Crippen molar-refractivity contribution in [2.24, 2.45) is 0 Å². The Morgan fingerprint density at radius 2 is 2.31 bits per heavy atom. The summed E-state index contributed by atoms with van der Waals surface area (Å²) in [4.78, 5) is 15.5. The molecule has 82 valence electrons. The average molecular weight is 217 g/mol. The maximum Gasteiger partial charge on any atom is 0.340 e. The van der Waals surface area contributed by atoms with Gasteiger partial charge in [-0.2, -0.15) is 0 Å². The molecule has 0 spiro atoms. The van der Waals surface area contributed by atoms with Crippen LogP contribution in [-0.2, 0) is 4.74 Å². The number of hydrogen-bond donors (Lipinski definition) is 1. The van der Waals surface area contributed by atoms with Gasteiger partial charge in [0.15, 0.2) is 0 Å². The Morgan fingerprint density at radius 3 is 2.94 bits per heavy atom. The maximum atomic E-state index is 11.6. The number of hydrogen-bond acceptors (Lipinski definition) is 4. The third-order valence-corrected chi connectivity index (χ3v) is 2.21. The van der Waals surface area contributed by atoms with Crippen LogP contribution in [-0.4, -0.2) is 22.6 Å². The number of carbonyl (C=O) groups excluding carboxylic acids is 1. The Labute approximate surface area is 92.5 Å². The molecule has 0 fully saturated rings. The van der Waals surface area contributed by atoms with Crippen LogP contribution in [0.15, 0.2) is 36.9 Å². The van der Waals surface area contributed by atoms with Crippen molar-refractivity contribution in [3.05, 3.63) is 42.5 Å². The number of nitrogens with two attached hydrogens (primary N) is 1.